The number of aliphatic carboxylic acids is 1. The second-order valence-electron chi connectivity index (χ2n) is 10.3. The van der Waals surface area contributed by atoms with Gasteiger partial charge in [-0.05, 0) is 42.3 Å². The molecule has 0 spiro atoms. The van der Waals surface area contributed by atoms with Crippen LogP contribution >= 0.6 is 0 Å². The maximum atomic E-state index is 13.6. The molecule has 3 atom stereocenters. The lowest BCUT2D eigenvalue weighted by molar-refractivity contribution is -0.142. The number of fused-ring (bicyclic) bond motifs is 1. The average molecular weight is 564 g/mol. The molecule has 0 bridgehead atoms. The zero-order chi connectivity index (χ0) is 28.8. The Bertz CT molecular complexity index is 1410. The first-order valence-corrected chi connectivity index (χ1v) is 13.7. The van der Waals surface area contributed by atoms with Crippen LogP contribution in [0.4, 0.5) is 0 Å². The van der Waals surface area contributed by atoms with Gasteiger partial charge in [0.2, 0.25) is 17.5 Å². The lowest BCUT2D eigenvalue weighted by atomic mass is 10.0. The van der Waals surface area contributed by atoms with Crippen molar-refractivity contribution < 1.29 is 24.3 Å². The predicted octanol–water partition coefficient (Wildman–Crippen LogP) is 0.582. The van der Waals surface area contributed by atoms with Gasteiger partial charge in [0.25, 0.3) is 5.91 Å². The van der Waals surface area contributed by atoms with Crippen molar-refractivity contribution in [3.63, 3.8) is 0 Å². The fourth-order valence-corrected chi connectivity index (χ4v) is 5.46. The summed E-state index contributed by atoms with van der Waals surface area (Å²) in [7, 11) is 0. The summed E-state index contributed by atoms with van der Waals surface area (Å²) in [5, 5.41) is 29.0. The minimum absolute atomic E-state index is 0.0752. The Morgan fingerprint density at radius 3 is 2.49 bits per heavy atom. The fraction of sp³-hybridized carbons (Fsp3) is 0.444. The molecule has 1 saturated heterocycles. The minimum Gasteiger partial charge on any atom is -0.481 e. The molecular formula is C27H33N9O5. The van der Waals surface area contributed by atoms with Gasteiger partial charge in [-0.2, -0.15) is 5.21 Å². The van der Waals surface area contributed by atoms with E-state index in [9.17, 15) is 24.3 Å². The number of carboxylic acid groups (broad SMARTS) is 1. The van der Waals surface area contributed by atoms with Crippen molar-refractivity contribution in [3.8, 4) is 0 Å². The summed E-state index contributed by atoms with van der Waals surface area (Å²) in [6, 6.07) is 4.95. The highest BCUT2D eigenvalue weighted by molar-refractivity contribution is 6.01. The molecule has 1 aromatic carbocycles. The lowest BCUT2D eigenvalue weighted by Crippen LogP contribution is -2.60. The molecule has 41 heavy (non-hydrogen) atoms. The molecule has 4 heterocycles. The van der Waals surface area contributed by atoms with Crippen molar-refractivity contribution >= 4 is 34.5 Å². The fourth-order valence-electron chi connectivity index (χ4n) is 5.46. The van der Waals surface area contributed by atoms with E-state index in [0.717, 1.165) is 55.2 Å². The van der Waals surface area contributed by atoms with Crippen LogP contribution in [0, 0.1) is 0 Å². The molecule has 14 heteroatoms. The molecule has 0 radical (unpaired) electrons. The van der Waals surface area contributed by atoms with Crippen LogP contribution in [0.15, 0.2) is 42.7 Å². The number of hydrogen-bond donors (Lipinski definition) is 5. The highest BCUT2D eigenvalue weighted by Crippen LogP contribution is 2.21. The van der Waals surface area contributed by atoms with Crippen molar-refractivity contribution in [2.45, 2.75) is 56.8 Å². The van der Waals surface area contributed by atoms with E-state index in [4.69, 9.17) is 0 Å². The Labute approximate surface area is 235 Å². The van der Waals surface area contributed by atoms with Gasteiger partial charge in [-0.3, -0.25) is 24.1 Å². The summed E-state index contributed by atoms with van der Waals surface area (Å²) >= 11 is 0. The Kier molecular flexibility index (Phi) is 8.67. The number of benzene rings is 1. The van der Waals surface area contributed by atoms with E-state index in [2.05, 4.69) is 41.1 Å². The van der Waals surface area contributed by atoms with E-state index >= 15 is 0 Å². The number of nitrogens with zero attached hydrogens (tertiary/aromatic N) is 5. The zero-order valence-electron chi connectivity index (χ0n) is 22.5. The number of para-hydroxylation sites is 1. The van der Waals surface area contributed by atoms with Crippen LogP contribution in [0.3, 0.4) is 0 Å². The maximum absolute atomic E-state index is 13.6. The third kappa shape index (κ3) is 6.60. The summed E-state index contributed by atoms with van der Waals surface area (Å²) in [6.45, 7) is 2.10. The Balaban J connectivity index is 1.37. The number of aromatic amines is 2. The number of likely N-dealkylation sites (tertiary alicyclic amines) is 1. The molecule has 1 unspecified atom stereocenters. The maximum Gasteiger partial charge on any atom is 0.305 e. The average Bonchev–Trinajstić information content (AvgIpc) is 3.76. The molecule has 5 rings (SSSR count). The minimum atomic E-state index is -1.41. The number of rotatable bonds is 12. The zero-order valence-corrected chi connectivity index (χ0v) is 22.5. The van der Waals surface area contributed by atoms with Gasteiger partial charge in [-0.15, -0.1) is 10.2 Å². The van der Waals surface area contributed by atoms with Gasteiger partial charge in [0.15, 0.2) is 6.17 Å². The number of aromatic nitrogens is 5. The van der Waals surface area contributed by atoms with Gasteiger partial charge >= 0.3 is 5.97 Å². The second-order valence-corrected chi connectivity index (χ2v) is 10.3. The largest absolute Gasteiger partial charge is 0.481 e. The molecule has 2 aliphatic rings. The van der Waals surface area contributed by atoms with Gasteiger partial charge in [0.1, 0.15) is 6.04 Å². The SMILES string of the molecule is O=C(O)C[C@H](NC(=O)C(N1C=CCC1)N1CCCCC1)C(=O)N[C@@H](Cc1c[nH]c2ccccc12)C(=O)c1nn[nH]n1. The van der Waals surface area contributed by atoms with E-state index in [-0.39, 0.29) is 12.2 Å². The smallest absolute Gasteiger partial charge is 0.305 e. The van der Waals surface area contributed by atoms with Crippen LogP contribution in [0.25, 0.3) is 10.9 Å². The highest BCUT2D eigenvalue weighted by Gasteiger charge is 2.36. The molecule has 3 aromatic rings. The number of hydrogen-bond acceptors (Lipinski definition) is 9. The van der Waals surface area contributed by atoms with Gasteiger partial charge in [-0.1, -0.05) is 30.7 Å². The van der Waals surface area contributed by atoms with E-state index in [0.29, 0.717) is 6.54 Å². The van der Waals surface area contributed by atoms with Gasteiger partial charge in [0.05, 0.1) is 12.5 Å². The monoisotopic (exact) mass is 563 g/mol. The van der Waals surface area contributed by atoms with E-state index in [1.807, 2.05) is 41.4 Å². The Morgan fingerprint density at radius 1 is 1.00 bits per heavy atom. The van der Waals surface area contributed by atoms with Crippen LogP contribution in [-0.2, 0) is 20.8 Å². The van der Waals surface area contributed by atoms with E-state index < -0.39 is 48.2 Å². The van der Waals surface area contributed by atoms with Crippen molar-refractivity contribution in [1.82, 2.24) is 46.0 Å². The van der Waals surface area contributed by atoms with Crippen LogP contribution in [-0.4, -0.2) is 102 Å². The number of amides is 2. The summed E-state index contributed by atoms with van der Waals surface area (Å²) in [4.78, 5) is 59.4. The number of nitrogens with one attached hydrogen (secondary N) is 4. The molecule has 216 valence electrons. The second kappa shape index (κ2) is 12.7. The lowest BCUT2D eigenvalue weighted by Gasteiger charge is -2.39. The first-order chi connectivity index (χ1) is 19.9. The predicted molar refractivity (Wildman–Crippen MR) is 146 cm³/mol. The highest BCUT2D eigenvalue weighted by atomic mass is 16.4. The summed E-state index contributed by atoms with van der Waals surface area (Å²) in [5.41, 5.74) is 1.61. The van der Waals surface area contributed by atoms with E-state index in [1.165, 1.54) is 0 Å². The standard InChI is InChI=1S/C27H33N9O5/c37-22(38)15-21(30-26(41)27(36-12-6-7-13-36)35-10-4-1-5-11-35)25(40)29-20(23(39)24-31-33-34-32-24)14-17-16-28-19-9-3-2-8-18(17)19/h2-3,6,8-9,12,16,20-21,27-28H,1,4-5,7,10-11,13-15H2,(H,29,40)(H,30,41)(H,37,38)(H,31,32,33,34)/t20-,21-,27?/m0/s1. The number of H-pyrrole nitrogens is 2. The molecule has 0 saturated carbocycles. The topological polar surface area (TPSA) is 189 Å². The molecule has 1 fully saturated rings. The van der Waals surface area contributed by atoms with Crippen molar-refractivity contribution in [1.29, 1.82) is 0 Å². The van der Waals surface area contributed by atoms with Crippen LogP contribution in [0.1, 0.15) is 48.3 Å². The van der Waals surface area contributed by atoms with Crippen molar-refractivity contribution in [2.24, 2.45) is 0 Å². The number of carboxylic acids is 1. The van der Waals surface area contributed by atoms with Crippen LogP contribution in [0.5, 0.6) is 0 Å². The molecular weight excluding hydrogens is 530 g/mol. The number of piperidine rings is 1. The number of Topliss-reactive ketones (excluding diaryl/α,β-unsaturated/α-hetero) is 1. The number of tetrazole rings is 1. The summed E-state index contributed by atoms with van der Waals surface area (Å²) in [5.74, 6) is -3.35. The molecule has 2 aliphatic heterocycles. The quantitative estimate of drug-likeness (QED) is 0.195. The molecule has 0 aliphatic carbocycles. The number of carbonyl (C=O) groups excluding carboxylic acids is 3. The number of ketones is 1. The molecule has 2 amide bonds. The Hall–Kier alpha value is -4.59. The molecule has 2 aromatic heterocycles. The summed E-state index contributed by atoms with van der Waals surface area (Å²) < 4.78 is 0. The van der Waals surface area contributed by atoms with Crippen molar-refractivity contribution in [2.75, 3.05) is 19.6 Å². The molecule has 14 nitrogen and oxygen atoms in total. The van der Waals surface area contributed by atoms with Crippen LogP contribution in [0.2, 0.25) is 0 Å². The third-order valence-electron chi connectivity index (χ3n) is 7.45. The van der Waals surface area contributed by atoms with Gasteiger partial charge in [-0.25, -0.2) is 0 Å². The summed E-state index contributed by atoms with van der Waals surface area (Å²) in [6.07, 6.45) is 8.12. The molecule has 5 N–H and O–H groups in total. The van der Waals surface area contributed by atoms with Gasteiger partial charge < -0.3 is 25.6 Å². The first-order valence-electron chi connectivity index (χ1n) is 13.7. The number of carbonyl (C=O) groups is 4. The van der Waals surface area contributed by atoms with Gasteiger partial charge in [0, 0.05) is 43.2 Å². The van der Waals surface area contributed by atoms with E-state index in [1.54, 1.807) is 6.20 Å². The first kappa shape index (κ1) is 28.0. The Morgan fingerprint density at radius 2 is 1.78 bits per heavy atom. The third-order valence-corrected chi connectivity index (χ3v) is 7.45. The normalized spacial score (nSPS) is 17.7. The van der Waals surface area contributed by atoms with Crippen LogP contribution < -0.4 is 10.6 Å². The van der Waals surface area contributed by atoms with Crippen molar-refractivity contribution in [3.05, 3.63) is 54.1 Å².